The molecule has 0 radical (unpaired) electrons. The number of halogens is 1. The van der Waals surface area contributed by atoms with E-state index in [4.69, 9.17) is 4.74 Å². The van der Waals surface area contributed by atoms with E-state index in [0.29, 0.717) is 27.9 Å². The fourth-order valence-electron chi connectivity index (χ4n) is 3.68. The summed E-state index contributed by atoms with van der Waals surface area (Å²) in [5.41, 5.74) is 2.20. The third kappa shape index (κ3) is 4.80. The number of aromatic nitrogens is 2. The molecule has 0 spiro atoms. The Morgan fingerprint density at radius 1 is 1.18 bits per heavy atom. The Morgan fingerprint density at radius 2 is 1.94 bits per heavy atom. The maximum atomic E-state index is 13.5. The Labute approximate surface area is 208 Å². The molecule has 0 aliphatic heterocycles. The minimum atomic E-state index is -0.770. The summed E-state index contributed by atoms with van der Waals surface area (Å²) in [4.78, 5) is 43.7. The third-order valence-electron chi connectivity index (χ3n) is 5.34. The zero-order valence-corrected chi connectivity index (χ0v) is 21.0. The number of carbonyl (C=O) groups is 2. The monoisotopic (exact) mass is 539 g/mol. The van der Waals surface area contributed by atoms with Crippen molar-refractivity contribution in [1.82, 2.24) is 9.55 Å². The van der Waals surface area contributed by atoms with E-state index in [1.54, 1.807) is 31.2 Å². The van der Waals surface area contributed by atoms with Gasteiger partial charge in [-0.15, -0.1) is 11.3 Å². The first kappa shape index (κ1) is 23.8. The summed E-state index contributed by atoms with van der Waals surface area (Å²) in [5.74, 6) is -0.832. The van der Waals surface area contributed by atoms with Crippen LogP contribution in [-0.4, -0.2) is 28.0 Å². The number of fused-ring (bicyclic) bond motifs is 1. The van der Waals surface area contributed by atoms with Gasteiger partial charge in [-0.1, -0.05) is 41.1 Å². The van der Waals surface area contributed by atoms with Gasteiger partial charge in [0.2, 0.25) is 5.91 Å². The summed E-state index contributed by atoms with van der Waals surface area (Å²) in [7, 11) is 0. The highest BCUT2D eigenvalue weighted by atomic mass is 79.9. The highest BCUT2D eigenvalue weighted by Crippen LogP contribution is 2.31. The minimum absolute atomic E-state index is 0.260. The van der Waals surface area contributed by atoms with Crippen LogP contribution in [0.1, 0.15) is 36.7 Å². The van der Waals surface area contributed by atoms with Gasteiger partial charge in [0.15, 0.2) is 0 Å². The minimum Gasteiger partial charge on any atom is -0.462 e. The van der Waals surface area contributed by atoms with Crippen molar-refractivity contribution in [3.05, 3.63) is 80.6 Å². The summed E-state index contributed by atoms with van der Waals surface area (Å²) in [6.07, 6.45) is 1.81. The Kier molecular flexibility index (Phi) is 7.23. The first-order valence-electron chi connectivity index (χ1n) is 10.7. The van der Waals surface area contributed by atoms with E-state index in [1.807, 2.05) is 36.6 Å². The van der Waals surface area contributed by atoms with Crippen molar-refractivity contribution < 1.29 is 14.3 Å². The van der Waals surface area contributed by atoms with Gasteiger partial charge in [-0.25, -0.2) is 9.78 Å². The summed E-state index contributed by atoms with van der Waals surface area (Å²) in [5, 5.41) is 5.22. The molecule has 0 fully saturated rings. The molecule has 0 saturated heterocycles. The predicted molar refractivity (Wildman–Crippen MR) is 137 cm³/mol. The molecule has 1 unspecified atom stereocenters. The van der Waals surface area contributed by atoms with Gasteiger partial charge in [-0.2, -0.15) is 0 Å². The molecule has 0 bridgehead atoms. The quantitative estimate of drug-likeness (QED) is 0.306. The van der Waals surface area contributed by atoms with Crippen molar-refractivity contribution >= 4 is 55.0 Å². The van der Waals surface area contributed by atoms with Crippen LogP contribution in [0, 0.1) is 0 Å². The first-order chi connectivity index (χ1) is 16.4. The summed E-state index contributed by atoms with van der Waals surface area (Å²) < 4.78 is 7.34. The Hall–Kier alpha value is -3.30. The van der Waals surface area contributed by atoms with Gasteiger partial charge < -0.3 is 10.1 Å². The van der Waals surface area contributed by atoms with Gasteiger partial charge >= 0.3 is 5.97 Å². The third-order valence-corrected chi connectivity index (χ3v) is 6.76. The lowest BCUT2D eigenvalue weighted by molar-refractivity contribution is -0.119. The van der Waals surface area contributed by atoms with Crippen molar-refractivity contribution in [2.75, 3.05) is 11.9 Å². The molecule has 0 aliphatic rings. The normalized spacial score (nSPS) is 11.9. The van der Waals surface area contributed by atoms with Gasteiger partial charge in [0, 0.05) is 21.1 Å². The van der Waals surface area contributed by atoms with Crippen molar-refractivity contribution in [3.63, 3.8) is 0 Å². The van der Waals surface area contributed by atoms with Gasteiger partial charge in [-0.3, -0.25) is 14.2 Å². The standard InChI is InChI=1S/C25H22BrN3O4S/c1-3-20(22(30)28-18-7-5-6-16(12-18)25(32)33-4-2)29-14-27-23-21(24(29)31)19(13-34-23)15-8-10-17(26)11-9-15/h5-14,20H,3-4H2,1-2H3,(H,28,30). The number of nitrogens with zero attached hydrogens (tertiary/aromatic N) is 2. The number of ether oxygens (including phenoxy) is 1. The topological polar surface area (TPSA) is 90.3 Å². The predicted octanol–water partition coefficient (Wildman–Crippen LogP) is 5.65. The van der Waals surface area contributed by atoms with Gasteiger partial charge in [0.05, 0.1) is 23.9 Å². The molecule has 2 heterocycles. The molecular weight excluding hydrogens is 518 g/mol. The van der Waals surface area contributed by atoms with Crippen LogP contribution in [0.3, 0.4) is 0 Å². The van der Waals surface area contributed by atoms with E-state index in [-0.39, 0.29) is 18.1 Å². The average molecular weight is 540 g/mol. The lowest BCUT2D eigenvalue weighted by Gasteiger charge is -2.18. The highest BCUT2D eigenvalue weighted by Gasteiger charge is 2.23. The van der Waals surface area contributed by atoms with Crippen molar-refractivity contribution in [1.29, 1.82) is 0 Å². The maximum Gasteiger partial charge on any atom is 0.338 e. The molecule has 4 aromatic rings. The Morgan fingerprint density at radius 3 is 2.65 bits per heavy atom. The number of thiophene rings is 1. The summed E-state index contributed by atoms with van der Waals surface area (Å²) >= 11 is 4.82. The number of hydrogen-bond donors (Lipinski definition) is 1. The van der Waals surface area contributed by atoms with Crippen LogP contribution in [0.4, 0.5) is 5.69 Å². The zero-order valence-electron chi connectivity index (χ0n) is 18.6. The van der Waals surface area contributed by atoms with Gasteiger partial charge in [0.1, 0.15) is 10.9 Å². The molecule has 1 amide bonds. The van der Waals surface area contributed by atoms with E-state index in [0.717, 1.165) is 15.6 Å². The second kappa shape index (κ2) is 10.3. The fourth-order valence-corrected chi connectivity index (χ4v) is 4.85. The fraction of sp³-hybridized carbons (Fsp3) is 0.200. The first-order valence-corrected chi connectivity index (χ1v) is 12.4. The van der Waals surface area contributed by atoms with Crippen molar-refractivity contribution in [2.24, 2.45) is 0 Å². The lowest BCUT2D eigenvalue weighted by atomic mass is 10.1. The molecule has 2 aromatic heterocycles. The molecule has 2 aromatic carbocycles. The molecular formula is C25H22BrN3O4S. The van der Waals surface area contributed by atoms with E-state index in [1.165, 1.54) is 22.2 Å². The molecule has 174 valence electrons. The number of rotatable bonds is 7. The Balaban J connectivity index is 1.67. The molecule has 4 rings (SSSR count). The second-order valence-electron chi connectivity index (χ2n) is 7.51. The number of carbonyl (C=O) groups excluding carboxylic acids is 2. The van der Waals surface area contributed by atoms with Crippen LogP contribution in [0.25, 0.3) is 21.3 Å². The number of amides is 1. The SMILES string of the molecule is CCOC(=O)c1cccc(NC(=O)C(CC)n2cnc3scc(-c4ccc(Br)cc4)c3c2=O)c1. The molecule has 1 atom stereocenters. The molecule has 0 saturated carbocycles. The second-order valence-corrected chi connectivity index (χ2v) is 9.28. The molecule has 1 N–H and O–H groups in total. The van der Waals surface area contributed by atoms with E-state index in [2.05, 4.69) is 26.2 Å². The van der Waals surface area contributed by atoms with Crippen LogP contribution < -0.4 is 10.9 Å². The number of benzene rings is 2. The van der Waals surface area contributed by atoms with Gasteiger partial charge in [-0.05, 0) is 49.2 Å². The van der Waals surface area contributed by atoms with E-state index >= 15 is 0 Å². The Bertz CT molecular complexity index is 1410. The van der Waals surface area contributed by atoms with Gasteiger partial charge in [0.25, 0.3) is 5.56 Å². The number of esters is 1. The van der Waals surface area contributed by atoms with Crippen molar-refractivity contribution in [2.45, 2.75) is 26.3 Å². The summed E-state index contributed by atoms with van der Waals surface area (Å²) in [6.45, 7) is 3.82. The smallest absolute Gasteiger partial charge is 0.338 e. The number of nitrogens with one attached hydrogen (secondary N) is 1. The lowest BCUT2D eigenvalue weighted by Crippen LogP contribution is -2.33. The largest absolute Gasteiger partial charge is 0.462 e. The van der Waals surface area contributed by atoms with Crippen molar-refractivity contribution in [3.8, 4) is 11.1 Å². The molecule has 34 heavy (non-hydrogen) atoms. The number of anilines is 1. The highest BCUT2D eigenvalue weighted by molar-refractivity contribution is 9.10. The van der Waals surface area contributed by atoms with Crippen LogP contribution in [0.15, 0.2) is 69.5 Å². The van der Waals surface area contributed by atoms with Crippen LogP contribution >= 0.6 is 27.3 Å². The average Bonchev–Trinajstić information content (AvgIpc) is 3.27. The van der Waals surface area contributed by atoms with E-state index < -0.39 is 12.0 Å². The number of hydrogen-bond acceptors (Lipinski definition) is 6. The maximum absolute atomic E-state index is 13.5. The molecule has 0 aliphatic carbocycles. The summed E-state index contributed by atoms with van der Waals surface area (Å²) in [6, 6.07) is 13.5. The van der Waals surface area contributed by atoms with Crippen LogP contribution in [-0.2, 0) is 9.53 Å². The van der Waals surface area contributed by atoms with Crippen LogP contribution in [0.2, 0.25) is 0 Å². The van der Waals surface area contributed by atoms with E-state index in [9.17, 15) is 14.4 Å². The molecule has 7 nitrogen and oxygen atoms in total. The molecule has 9 heteroatoms. The van der Waals surface area contributed by atoms with Crippen LogP contribution in [0.5, 0.6) is 0 Å². The zero-order chi connectivity index (χ0) is 24.2.